The van der Waals surface area contributed by atoms with Crippen LogP contribution in [0.5, 0.6) is 0 Å². The molecule has 1 aromatic heterocycles. The number of rotatable bonds is 4. The zero-order chi connectivity index (χ0) is 14.7. The lowest BCUT2D eigenvalue weighted by molar-refractivity contribution is 0.697. The molecule has 0 aliphatic rings. The van der Waals surface area contributed by atoms with Crippen LogP contribution in [-0.4, -0.2) is 18.6 Å². The van der Waals surface area contributed by atoms with Crippen molar-refractivity contribution in [2.45, 2.75) is 33.6 Å². The van der Waals surface area contributed by atoms with Gasteiger partial charge in [-0.15, -0.1) is 0 Å². The highest BCUT2D eigenvalue weighted by Gasteiger charge is 2.20. The minimum atomic E-state index is 0.354. The zero-order valence-electron chi connectivity index (χ0n) is 13.1. The predicted molar refractivity (Wildman–Crippen MR) is 85.4 cm³/mol. The van der Waals surface area contributed by atoms with Crippen LogP contribution >= 0.6 is 0 Å². The molecule has 1 atom stereocenters. The molecule has 1 aromatic carbocycles. The van der Waals surface area contributed by atoms with E-state index in [1.165, 1.54) is 33.4 Å². The molecule has 106 valence electrons. The minimum absolute atomic E-state index is 0.354. The van der Waals surface area contributed by atoms with Gasteiger partial charge in [-0.3, -0.25) is 4.98 Å². The van der Waals surface area contributed by atoms with Gasteiger partial charge in [0.25, 0.3) is 0 Å². The van der Waals surface area contributed by atoms with Crippen LogP contribution in [0.25, 0.3) is 0 Å². The fourth-order valence-electron chi connectivity index (χ4n) is 2.94. The lowest BCUT2D eigenvalue weighted by Crippen LogP contribution is -2.20. The SMILES string of the molecule is CNCC(c1cccnc1)c1c(C)c(C)cc(C)c1C. The summed E-state index contributed by atoms with van der Waals surface area (Å²) in [6.07, 6.45) is 3.82. The van der Waals surface area contributed by atoms with E-state index in [2.05, 4.69) is 50.1 Å². The topological polar surface area (TPSA) is 24.9 Å². The molecule has 1 N–H and O–H groups in total. The van der Waals surface area contributed by atoms with E-state index in [0.717, 1.165) is 6.54 Å². The van der Waals surface area contributed by atoms with Crippen molar-refractivity contribution in [3.8, 4) is 0 Å². The fourth-order valence-corrected chi connectivity index (χ4v) is 2.94. The molecule has 1 heterocycles. The van der Waals surface area contributed by atoms with Crippen molar-refractivity contribution < 1.29 is 0 Å². The van der Waals surface area contributed by atoms with E-state index in [9.17, 15) is 0 Å². The molecule has 0 aliphatic carbocycles. The molecule has 2 rings (SSSR count). The number of aryl methyl sites for hydroxylation is 2. The first kappa shape index (κ1) is 14.7. The Labute approximate surface area is 122 Å². The molecule has 2 heteroatoms. The van der Waals surface area contributed by atoms with Crippen LogP contribution in [-0.2, 0) is 0 Å². The van der Waals surface area contributed by atoms with Crippen LogP contribution in [0.15, 0.2) is 30.6 Å². The van der Waals surface area contributed by atoms with E-state index in [-0.39, 0.29) is 0 Å². The number of hydrogen-bond donors (Lipinski definition) is 1. The second-order valence-corrected chi connectivity index (χ2v) is 5.57. The monoisotopic (exact) mass is 268 g/mol. The third-order valence-corrected chi connectivity index (χ3v) is 4.27. The number of aromatic nitrogens is 1. The van der Waals surface area contributed by atoms with Crippen LogP contribution in [0.1, 0.15) is 39.3 Å². The van der Waals surface area contributed by atoms with Crippen LogP contribution < -0.4 is 5.32 Å². The average Bonchev–Trinajstić information content (AvgIpc) is 2.45. The van der Waals surface area contributed by atoms with Crippen molar-refractivity contribution in [3.05, 3.63) is 64.0 Å². The van der Waals surface area contributed by atoms with Gasteiger partial charge < -0.3 is 5.32 Å². The first-order valence-electron chi connectivity index (χ1n) is 7.18. The molecular weight excluding hydrogens is 244 g/mol. The summed E-state index contributed by atoms with van der Waals surface area (Å²) in [5, 5.41) is 3.33. The fraction of sp³-hybridized carbons (Fsp3) is 0.389. The van der Waals surface area contributed by atoms with E-state index in [0.29, 0.717) is 5.92 Å². The van der Waals surface area contributed by atoms with Gasteiger partial charge in [-0.05, 0) is 74.2 Å². The molecule has 20 heavy (non-hydrogen) atoms. The first-order valence-corrected chi connectivity index (χ1v) is 7.18. The Morgan fingerprint density at radius 2 is 1.75 bits per heavy atom. The normalized spacial score (nSPS) is 12.4. The summed E-state index contributed by atoms with van der Waals surface area (Å²) < 4.78 is 0. The smallest absolute Gasteiger partial charge is 0.0306 e. The molecular formula is C18H24N2. The lowest BCUT2D eigenvalue weighted by atomic mass is 9.83. The van der Waals surface area contributed by atoms with Crippen LogP contribution in [0, 0.1) is 27.7 Å². The van der Waals surface area contributed by atoms with Gasteiger partial charge in [-0.2, -0.15) is 0 Å². The third-order valence-electron chi connectivity index (χ3n) is 4.27. The third kappa shape index (κ3) is 2.75. The van der Waals surface area contributed by atoms with Gasteiger partial charge in [0.05, 0.1) is 0 Å². The zero-order valence-corrected chi connectivity index (χ0v) is 13.1. The van der Waals surface area contributed by atoms with Gasteiger partial charge in [0.1, 0.15) is 0 Å². The summed E-state index contributed by atoms with van der Waals surface area (Å²) in [6, 6.07) is 6.48. The predicted octanol–water partition coefficient (Wildman–Crippen LogP) is 3.67. The van der Waals surface area contributed by atoms with Crippen LogP contribution in [0.3, 0.4) is 0 Å². The average molecular weight is 268 g/mol. The largest absolute Gasteiger partial charge is 0.319 e. The van der Waals surface area contributed by atoms with Gasteiger partial charge in [-0.1, -0.05) is 12.1 Å². The lowest BCUT2D eigenvalue weighted by Gasteiger charge is -2.24. The highest BCUT2D eigenvalue weighted by molar-refractivity contribution is 5.49. The molecule has 0 saturated carbocycles. The van der Waals surface area contributed by atoms with Crippen molar-refractivity contribution in [1.82, 2.24) is 10.3 Å². The number of nitrogens with zero attached hydrogens (tertiary/aromatic N) is 1. The van der Waals surface area contributed by atoms with E-state index in [4.69, 9.17) is 0 Å². The van der Waals surface area contributed by atoms with E-state index >= 15 is 0 Å². The summed E-state index contributed by atoms with van der Waals surface area (Å²) >= 11 is 0. The van der Waals surface area contributed by atoms with Crippen molar-refractivity contribution in [3.63, 3.8) is 0 Å². The van der Waals surface area contributed by atoms with Gasteiger partial charge >= 0.3 is 0 Å². The van der Waals surface area contributed by atoms with Crippen molar-refractivity contribution >= 4 is 0 Å². The Morgan fingerprint density at radius 1 is 1.10 bits per heavy atom. The molecule has 0 radical (unpaired) electrons. The molecule has 0 amide bonds. The summed E-state index contributed by atoms with van der Waals surface area (Å²) in [5.41, 5.74) is 8.26. The highest BCUT2D eigenvalue weighted by Crippen LogP contribution is 2.32. The maximum atomic E-state index is 4.29. The first-order chi connectivity index (χ1) is 9.56. The molecule has 2 nitrogen and oxygen atoms in total. The summed E-state index contributed by atoms with van der Waals surface area (Å²) in [6.45, 7) is 9.79. The number of likely N-dealkylation sites (N-methyl/N-ethyl adjacent to an activating group) is 1. The Kier molecular flexibility index (Phi) is 4.56. The summed E-state index contributed by atoms with van der Waals surface area (Å²) in [7, 11) is 2.01. The maximum absolute atomic E-state index is 4.29. The Balaban J connectivity index is 2.61. The van der Waals surface area contributed by atoms with Crippen molar-refractivity contribution in [1.29, 1.82) is 0 Å². The quantitative estimate of drug-likeness (QED) is 0.915. The molecule has 0 fully saturated rings. The standard InChI is InChI=1S/C18H24N2/c1-12-9-13(2)15(4)18(14(12)3)17(11-19-5)16-7-6-8-20-10-16/h6-10,17,19H,11H2,1-5H3. The van der Waals surface area contributed by atoms with Gasteiger partial charge in [0.2, 0.25) is 0 Å². The van der Waals surface area contributed by atoms with Crippen molar-refractivity contribution in [2.24, 2.45) is 0 Å². The molecule has 0 spiro atoms. The van der Waals surface area contributed by atoms with Crippen LogP contribution in [0.4, 0.5) is 0 Å². The minimum Gasteiger partial charge on any atom is -0.319 e. The molecule has 2 aromatic rings. The Bertz CT molecular complexity index is 562. The Hall–Kier alpha value is -1.67. The molecule has 0 bridgehead atoms. The van der Waals surface area contributed by atoms with E-state index in [1.807, 2.05) is 25.5 Å². The summed E-state index contributed by atoms with van der Waals surface area (Å²) in [4.78, 5) is 4.29. The highest BCUT2D eigenvalue weighted by atomic mass is 14.8. The number of benzene rings is 1. The summed E-state index contributed by atoms with van der Waals surface area (Å²) in [5.74, 6) is 0.354. The van der Waals surface area contributed by atoms with Gasteiger partial charge in [0.15, 0.2) is 0 Å². The number of pyridine rings is 1. The second-order valence-electron chi connectivity index (χ2n) is 5.57. The number of nitrogens with one attached hydrogen (secondary N) is 1. The van der Waals surface area contributed by atoms with E-state index < -0.39 is 0 Å². The van der Waals surface area contributed by atoms with Gasteiger partial charge in [0, 0.05) is 24.9 Å². The van der Waals surface area contributed by atoms with Crippen LogP contribution in [0.2, 0.25) is 0 Å². The van der Waals surface area contributed by atoms with E-state index in [1.54, 1.807) is 0 Å². The Morgan fingerprint density at radius 3 is 2.25 bits per heavy atom. The van der Waals surface area contributed by atoms with Crippen molar-refractivity contribution in [2.75, 3.05) is 13.6 Å². The second kappa shape index (κ2) is 6.19. The molecule has 0 aliphatic heterocycles. The maximum Gasteiger partial charge on any atom is 0.0306 e. The molecule has 0 saturated heterocycles. The number of hydrogen-bond acceptors (Lipinski definition) is 2. The molecule has 1 unspecified atom stereocenters. The van der Waals surface area contributed by atoms with Gasteiger partial charge in [-0.25, -0.2) is 0 Å².